The Morgan fingerprint density at radius 3 is 1.58 bits per heavy atom. The molecular formula is C40H53NO18P+. The van der Waals surface area contributed by atoms with Gasteiger partial charge in [-0.25, -0.2) is 9.59 Å². The third-order valence-corrected chi connectivity index (χ3v) is 9.47. The minimum absolute atomic E-state index is 0.105. The van der Waals surface area contributed by atoms with Gasteiger partial charge in [-0.1, -0.05) is 36.4 Å². The molecule has 0 amide bonds. The first-order valence-corrected chi connectivity index (χ1v) is 20.4. The predicted octanol–water partition coefficient (Wildman–Crippen LogP) is 1.62. The summed E-state index contributed by atoms with van der Waals surface area (Å²) in [6.07, 6.45) is -14.2. The Hall–Kier alpha value is -4.88. The number of hydrogen-bond acceptors (Lipinski definition) is 18. The Kier molecular flexibility index (Phi) is 20.6. The van der Waals surface area contributed by atoms with Crippen LogP contribution in [0.4, 0.5) is 0 Å². The van der Waals surface area contributed by atoms with E-state index in [1.807, 2.05) is 0 Å². The van der Waals surface area contributed by atoms with E-state index in [4.69, 9.17) is 47.2 Å². The number of nitrogens with one attached hydrogen (secondary N) is 1. The highest BCUT2D eigenvalue weighted by Gasteiger charge is 2.55. The molecule has 2 fully saturated rings. The second kappa shape index (κ2) is 25.0. The van der Waals surface area contributed by atoms with Crippen LogP contribution in [0.25, 0.3) is 0 Å². The Labute approximate surface area is 348 Å². The largest absolute Gasteiger partial charge is 0.566 e. The summed E-state index contributed by atoms with van der Waals surface area (Å²) in [5, 5.41) is 0. The third kappa shape index (κ3) is 15.9. The van der Waals surface area contributed by atoms with E-state index in [2.05, 4.69) is 20.8 Å². The van der Waals surface area contributed by atoms with E-state index in [0.717, 1.165) is 27.7 Å². The lowest BCUT2D eigenvalue weighted by Gasteiger charge is -2.46. The zero-order valence-electron chi connectivity index (χ0n) is 34.5. The van der Waals surface area contributed by atoms with Crippen LogP contribution in [0.2, 0.25) is 0 Å². The fourth-order valence-electron chi connectivity index (χ4n) is 6.23. The Balaban J connectivity index is 0.00000126. The molecule has 10 atom stereocenters. The molecule has 2 aliphatic heterocycles. The fraction of sp³-hybridized carbons (Fsp3) is 0.550. The van der Waals surface area contributed by atoms with Gasteiger partial charge in [0.15, 0.2) is 30.7 Å². The van der Waals surface area contributed by atoms with E-state index < -0.39 is 119 Å². The molecule has 0 saturated carbocycles. The van der Waals surface area contributed by atoms with E-state index in [1.54, 1.807) is 41.3 Å². The normalized spacial score (nSPS) is 25.0. The Morgan fingerprint density at radius 1 is 0.617 bits per heavy atom. The number of carbonyl (C=O) groups excluding carboxylic acids is 6. The third-order valence-electron chi connectivity index (χ3n) is 9.09. The van der Waals surface area contributed by atoms with Crippen LogP contribution in [0.5, 0.6) is 0 Å². The second-order valence-electron chi connectivity index (χ2n) is 13.4. The zero-order chi connectivity index (χ0) is 44.4. The fourth-order valence-corrected chi connectivity index (χ4v) is 6.58. The molecule has 60 heavy (non-hydrogen) atoms. The van der Waals surface area contributed by atoms with Crippen LogP contribution in [0.1, 0.15) is 75.6 Å². The van der Waals surface area contributed by atoms with Crippen molar-refractivity contribution in [2.45, 2.75) is 110 Å². The molecule has 2 unspecified atom stereocenters. The maximum absolute atomic E-state index is 13.1. The molecule has 20 heteroatoms. The van der Waals surface area contributed by atoms with Gasteiger partial charge in [-0.05, 0) is 49.6 Å². The van der Waals surface area contributed by atoms with E-state index in [9.17, 15) is 38.2 Å². The van der Waals surface area contributed by atoms with Gasteiger partial charge in [-0.3, -0.25) is 19.2 Å². The molecule has 0 bridgehead atoms. The van der Waals surface area contributed by atoms with Crippen LogP contribution < -0.4 is 9.79 Å². The molecule has 2 aromatic carbocycles. The molecule has 4 rings (SSSR count). The molecule has 1 N–H and O–H groups in total. The van der Waals surface area contributed by atoms with Gasteiger partial charge in [0.1, 0.15) is 25.4 Å². The molecule has 0 radical (unpaired) electrons. The second-order valence-corrected chi connectivity index (χ2v) is 14.1. The number of rotatable bonds is 17. The number of esters is 6. The SMILES string of the molecule is CC(=O)OC[C@H]1O[C@@H](O[C@H]2C[C@H](OC(=O)c3ccccc3)C(O[P+](=O)[O-])O[C@@H]2COC(=O)c2ccccc2)[C@H](OC(C)=O)[C@@H](OC(C)=O)[C@H]1OC(C)=O.CC[NH+](CC)CC. The first-order valence-electron chi connectivity index (χ1n) is 19.3. The number of quaternary nitrogens is 1. The van der Waals surface area contributed by atoms with Gasteiger partial charge in [0.2, 0.25) is 6.29 Å². The van der Waals surface area contributed by atoms with Crippen molar-refractivity contribution in [1.29, 1.82) is 0 Å². The van der Waals surface area contributed by atoms with Gasteiger partial charge in [0.25, 0.3) is 0 Å². The summed E-state index contributed by atoms with van der Waals surface area (Å²) >= 11 is 0. The van der Waals surface area contributed by atoms with Crippen LogP contribution >= 0.6 is 8.25 Å². The smallest absolute Gasteiger partial charge is 0.491 e. The number of hydrogen-bond donors (Lipinski definition) is 1. The van der Waals surface area contributed by atoms with E-state index in [1.165, 1.54) is 43.9 Å². The van der Waals surface area contributed by atoms with E-state index in [-0.39, 0.29) is 11.1 Å². The molecule has 2 heterocycles. The van der Waals surface area contributed by atoms with Gasteiger partial charge in [0.05, 0.1) is 36.9 Å². The Bertz CT molecular complexity index is 1720. The lowest BCUT2D eigenvalue weighted by Crippen LogP contribution is -3.11. The van der Waals surface area contributed by atoms with Gasteiger partial charge < -0.3 is 52.4 Å². The van der Waals surface area contributed by atoms with Gasteiger partial charge >= 0.3 is 44.1 Å². The molecule has 2 saturated heterocycles. The summed E-state index contributed by atoms with van der Waals surface area (Å²) in [5.41, 5.74) is 0.277. The molecule has 2 aromatic rings. The van der Waals surface area contributed by atoms with Crippen LogP contribution in [0.3, 0.4) is 0 Å². The lowest BCUT2D eigenvalue weighted by atomic mass is 9.97. The molecule has 0 spiro atoms. The van der Waals surface area contributed by atoms with Crippen LogP contribution in [0.15, 0.2) is 60.7 Å². The van der Waals surface area contributed by atoms with Crippen LogP contribution in [-0.2, 0) is 70.9 Å². The van der Waals surface area contributed by atoms with Crippen molar-refractivity contribution >= 4 is 44.1 Å². The maximum Gasteiger partial charge on any atom is 0.491 e. The van der Waals surface area contributed by atoms with Gasteiger partial charge in [-0.15, -0.1) is 4.52 Å². The Morgan fingerprint density at radius 2 is 1.10 bits per heavy atom. The summed E-state index contributed by atoms with van der Waals surface area (Å²) in [6.45, 7) is 13.6. The first kappa shape index (κ1) is 49.5. The van der Waals surface area contributed by atoms with E-state index >= 15 is 0 Å². The first-order chi connectivity index (χ1) is 28.6. The van der Waals surface area contributed by atoms with Crippen LogP contribution in [-0.4, -0.2) is 124 Å². The summed E-state index contributed by atoms with van der Waals surface area (Å²) in [5.74, 6) is -5.05. The molecule has 330 valence electrons. The summed E-state index contributed by atoms with van der Waals surface area (Å²) in [7, 11) is -3.58. The average Bonchev–Trinajstić information content (AvgIpc) is 3.20. The van der Waals surface area contributed by atoms with Crippen molar-refractivity contribution < 1.29 is 90.3 Å². The van der Waals surface area contributed by atoms with E-state index in [0.29, 0.717) is 0 Å². The van der Waals surface area contributed by atoms with Crippen molar-refractivity contribution in [2.24, 2.45) is 0 Å². The number of carbonyl (C=O) groups is 6. The topological polar surface area (TPSA) is 239 Å². The minimum Gasteiger partial charge on any atom is -0.566 e. The molecule has 19 nitrogen and oxygen atoms in total. The summed E-state index contributed by atoms with van der Waals surface area (Å²) in [6, 6.07) is 15.6. The van der Waals surface area contributed by atoms with Crippen molar-refractivity contribution in [3.05, 3.63) is 71.8 Å². The summed E-state index contributed by atoms with van der Waals surface area (Å²) in [4.78, 5) is 88.0. The maximum atomic E-state index is 13.1. The highest BCUT2D eigenvalue weighted by molar-refractivity contribution is 7.30. The molecule has 0 aliphatic carbocycles. The zero-order valence-corrected chi connectivity index (χ0v) is 35.4. The standard InChI is InChI=1S/C34H37O18P.C6H15N/c1-18(35)43-17-27-28(45-19(2)36)29(46-20(3)37)30(47-21(4)38)34(51-27)49-24-15-25(48-32(40)23-13-9-6-10-14-23)33(52-53(41)42)50-26(24)16-44-31(39)22-11-7-5-8-12-22;1-4-7(5-2)6-3/h5-14,24-30,33-34H,15-17H2,1-4H3;4-6H2,1-3H3/p+1/t24-,25-,26+,27+,28-,29-,30+,33?,34+;/m0./s1. The lowest BCUT2D eigenvalue weighted by molar-refractivity contribution is -0.894. The number of ether oxygens (including phenoxy) is 9. The quantitative estimate of drug-likeness (QED) is 0.135. The molecular weight excluding hydrogens is 813 g/mol. The molecule has 0 aromatic heterocycles. The predicted molar refractivity (Wildman–Crippen MR) is 204 cm³/mol. The van der Waals surface area contributed by atoms with Gasteiger partial charge in [0, 0.05) is 34.1 Å². The highest BCUT2D eigenvalue weighted by atomic mass is 31.1. The highest BCUT2D eigenvalue weighted by Crippen LogP contribution is 2.35. The van der Waals surface area contributed by atoms with Crippen molar-refractivity contribution in [3.63, 3.8) is 0 Å². The van der Waals surface area contributed by atoms with Crippen LogP contribution in [0, 0.1) is 0 Å². The monoisotopic (exact) mass is 866 g/mol. The average molecular weight is 867 g/mol. The minimum atomic E-state index is -3.58. The van der Waals surface area contributed by atoms with Crippen molar-refractivity contribution in [1.82, 2.24) is 0 Å². The van der Waals surface area contributed by atoms with Gasteiger partial charge in [-0.2, -0.15) is 0 Å². The summed E-state index contributed by atoms with van der Waals surface area (Å²) < 4.78 is 67.5. The molecule has 2 aliphatic rings. The number of benzene rings is 2. The van der Waals surface area contributed by atoms with Crippen molar-refractivity contribution in [2.75, 3.05) is 32.8 Å². The van der Waals surface area contributed by atoms with Crippen molar-refractivity contribution in [3.8, 4) is 0 Å².